The lowest BCUT2D eigenvalue weighted by Crippen LogP contribution is -2.03. The van der Waals surface area contributed by atoms with Gasteiger partial charge in [-0.15, -0.1) is 0 Å². The average Bonchev–Trinajstić information content (AvgIpc) is 2.53. The van der Waals surface area contributed by atoms with Crippen LogP contribution < -0.4 is 9.47 Å². The van der Waals surface area contributed by atoms with E-state index in [9.17, 15) is 14.9 Å². The van der Waals surface area contributed by atoms with Gasteiger partial charge in [0.25, 0.3) is 5.69 Å². The summed E-state index contributed by atoms with van der Waals surface area (Å²) in [6.07, 6.45) is 2.87. The van der Waals surface area contributed by atoms with Gasteiger partial charge in [0, 0.05) is 18.2 Å². The number of rotatable bonds is 5. The monoisotopic (exact) mass is 299 g/mol. The molecule has 0 aliphatic heterocycles. The number of hydrogen-bond donors (Lipinski definition) is 0. The molecule has 0 fully saturated rings. The number of nitrogens with zero attached hydrogens (tertiary/aromatic N) is 1. The Morgan fingerprint density at radius 2 is 1.86 bits per heavy atom. The molecule has 0 unspecified atom stereocenters. The van der Waals surface area contributed by atoms with Crippen molar-refractivity contribution in [1.82, 2.24) is 0 Å². The molecule has 0 aliphatic rings. The van der Waals surface area contributed by atoms with E-state index < -0.39 is 10.9 Å². The molecule has 112 valence electrons. The minimum Gasteiger partial charge on any atom is -0.497 e. The van der Waals surface area contributed by atoms with Gasteiger partial charge in [0.05, 0.1) is 12.0 Å². The van der Waals surface area contributed by atoms with Crippen LogP contribution in [0.2, 0.25) is 0 Å². The van der Waals surface area contributed by atoms with Crippen LogP contribution in [0.4, 0.5) is 5.69 Å². The number of non-ortho nitro benzene ring substituents is 1. The summed E-state index contributed by atoms with van der Waals surface area (Å²) in [7, 11) is 1.56. The van der Waals surface area contributed by atoms with Crippen LogP contribution in [0, 0.1) is 10.1 Å². The zero-order valence-corrected chi connectivity index (χ0v) is 11.8. The molecule has 22 heavy (non-hydrogen) atoms. The van der Waals surface area contributed by atoms with Crippen LogP contribution in [0.15, 0.2) is 54.6 Å². The Balaban J connectivity index is 1.99. The molecule has 0 spiro atoms. The lowest BCUT2D eigenvalue weighted by molar-refractivity contribution is -0.384. The third kappa shape index (κ3) is 4.17. The second-order valence-corrected chi connectivity index (χ2v) is 4.28. The predicted molar refractivity (Wildman–Crippen MR) is 80.8 cm³/mol. The SMILES string of the molecule is COc1cccc(/C=C/C(=O)Oc2ccc([N+](=O)[O-])cc2)c1. The first-order valence-corrected chi connectivity index (χ1v) is 6.37. The normalized spacial score (nSPS) is 10.4. The Hall–Kier alpha value is -3.15. The molecule has 0 aromatic heterocycles. The van der Waals surface area contributed by atoms with Crippen molar-refractivity contribution in [2.75, 3.05) is 7.11 Å². The Bertz CT molecular complexity index is 707. The van der Waals surface area contributed by atoms with E-state index in [0.717, 1.165) is 5.56 Å². The molecule has 0 aliphatic carbocycles. The highest BCUT2D eigenvalue weighted by Crippen LogP contribution is 2.18. The van der Waals surface area contributed by atoms with Crippen molar-refractivity contribution in [1.29, 1.82) is 0 Å². The van der Waals surface area contributed by atoms with Gasteiger partial charge >= 0.3 is 5.97 Å². The van der Waals surface area contributed by atoms with Crippen molar-refractivity contribution in [3.63, 3.8) is 0 Å². The topological polar surface area (TPSA) is 78.7 Å². The van der Waals surface area contributed by atoms with Crippen LogP contribution in [-0.4, -0.2) is 18.0 Å². The van der Waals surface area contributed by atoms with Gasteiger partial charge < -0.3 is 9.47 Å². The smallest absolute Gasteiger partial charge is 0.336 e. The summed E-state index contributed by atoms with van der Waals surface area (Å²) < 4.78 is 10.1. The second kappa shape index (κ2) is 7.03. The van der Waals surface area contributed by atoms with Crippen molar-refractivity contribution in [2.24, 2.45) is 0 Å². The van der Waals surface area contributed by atoms with Crippen molar-refractivity contribution in [3.8, 4) is 11.5 Å². The molecule has 6 nitrogen and oxygen atoms in total. The Morgan fingerprint density at radius 1 is 1.14 bits per heavy atom. The average molecular weight is 299 g/mol. The molecule has 2 aromatic carbocycles. The molecule has 2 rings (SSSR count). The highest BCUT2D eigenvalue weighted by atomic mass is 16.6. The van der Waals surface area contributed by atoms with E-state index in [-0.39, 0.29) is 11.4 Å². The van der Waals surface area contributed by atoms with Crippen molar-refractivity contribution in [3.05, 3.63) is 70.3 Å². The van der Waals surface area contributed by atoms with E-state index in [0.29, 0.717) is 5.75 Å². The van der Waals surface area contributed by atoms with E-state index in [2.05, 4.69) is 0 Å². The molecular weight excluding hydrogens is 286 g/mol. The fourth-order valence-electron chi connectivity index (χ4n) is 1.70. The van der Waals surface area contributed by atoms with Gasteiger partial charge in [-0.25, -0.2) is 4.79 Å². The highest BCUT2D eigenvalue weighted by Gasteiger charge is 2.06. The zero-order chi connectivity index (χ0) is 15.9. The molecule has 0 saturated carbocycles. The number of esters is 1. The van der Waals surface area contributed by atoms with E-state index in [1.54, 1.807) is 31.4 Å². The predicted octanol–water partition coefficient (Wildman–Crippen LogP) is 3.22. The fourth-order valence-corrected chi connectivity index (χ4v) is 1.70. The summed E-state index contributed by atoms with van der Waals surface area (Å²) in [4.78, 5) is 21.7. The molecular formula is C16H13NO5. The number of hydrogen-bond acceptors (Lipinski definition) is 5. The molecule has 2 aromatic rings. The molecule has 0 N–H and O–H groups in total. The summed E-state index contributed by atoms with van der Waals surface area (Å²) in [5.74, 6) is 0.355. The standard InChI is InChI=1S/C16H13NO5/c1-21-15-4-2-3-12(11-15)5-10-16(18)22-14-8-6-13(7-9-14)17(19)20/h2-11H,1H3/b10-5+. The summed E-state index contributed by atoms with van der Waals surface area (Å²) in [5.41, 5.74) is 0.728. The first-order chi connectivity index (χ1) is 10.6. The number of benzene rings is 2. The number of carbonyl (C=O) groups excluding carboxylic acids is 1. The molecule has 0 heterocycles. The number of nitro benzene ring substituents is 1. The number of carbonyl (C=O) groups is 1. The summed E-state index contributed by atoms with van der Waals surface area (Å²) in [6, 6.07) is 12.5. The largest absolute Gasteiger partial charge is 0.497 e. The Morgan fingerprint density at radius 3 is 2.50 bits per heavy atom. The summed E-state index contributed by atoms with van der Waals surface area (Å²) in [5, 5.41) is 10.5. The van der Waals surface area contributed by atoms with Crippen LogP contribution in [-0.2, 0) is 4.79 Å². The quantitative estimate of drug-likeness (QED) is 0.278. The maximum absolute atomic E-state index is 11.7. The van der Waals surface area contributed by atoms with E-state index in [1.807, 2.05) is 6.07 Å². The third-order valence-electron chi connectivity index (χ3n) is 2.77. The lowest BCUT2D eigenvalue weighted by Gasteiger charge is -2.01. The lowest BCUT2D eigenvalue weighted by atomic mass is 10.2. The van der Waals surface area contributed by atoms with E-state index >= 15 is 0 Å². The first kappa shape index (κ1) is 15.2. The van der Waals surface area contributed by atoms with Gasteiger partial charge in [0.2, 0.25) is 0 Å². The third-order valence-corrected chi connectivity index (χ3v) is 2.77. The van der Waals surface area contributed by atoms with Gasteiger partial charge in [-0.1, -0.05) is 12.1 Å². The van der Waals surface area contributed by atoms with E-state index in [4.69, 9.17) is 9.47 Å². The molecule has 0 saturated heterocycles. The maximum Gasteiger partial charge on any atom is 0.336 e. The van der Waals surface area contributed by atoms with Gasteiger partial charge in [-0.3, -0.25) is 10.1 Å². The van der Waals surface area contributed by atoms with E-state index in [1.165, 1.54) is 30.3 Å². The first-order valence-electron chi connectivity index (χ1n) is 6.37. The molecule has 0 atom stereocenters. The van der Waals surface area contributed by atoms with Crippen LogP contribution >= 0.6 is 0 Å². The van der Waals surface area contributed by atoms with Gasteiger partial charge in [0.15, 0.2) is 0 Å². The van der Waals surface area contributed by atoms with Crippen LogP contribution in [0.5, 0.6) is 11.5 Å². The van der Waals surface area contributed by atoms with Crippen LogP contribution in [0.25, 0.3) is 6.08 Å². The zero-order valence-electron chi connectivity index (χ0n) is 11.8. The Labute approximate surface area is 126 Å². The van der Waals surface area contributed by atoms with Crippen molar-refractivity contribution >= 4 is 17.7 Å². The van der Waals surface area contributed by atoms with Crippen molar-refractivity contribution < 1.29 is 19.2 Å². The van der Waals surface area contributed by atoms with Gasteiger partial charge in [-0.2, -0.15) is 0 Å². The van der Waals surface area contributed by atoms with Crippen LogP contribution in [0.3, 0.4) is 0 Å². The minimum absolute atomic E-state index is 0.0632. The number of ether oxygens (including phenoxy) is 2. The molecule has 0 amide bonds. The van der Waals surface area contributed by atoms with Gasteiger partial charge in [0.1, 0.15) is 11.5 Å². The highest BCUT2D eigenvalue weighted by molar-refractivity contribution is 5.88. The molecule has 0 radical (unpaired) electrons. The number of nitro groups is 1. The fraction of sp³-hybridized carbons (Fsp3) is 0.0625. The summed E-state index contributed by atoms with van der Waals surface area (Å²) in [6.45, 7) is 0. The summed E-state index contributed by atoms with van der Waals surface area (Å²) >= 11 is 0. The minimum atomic E-state index is -0.573. The number of methoxy groups -OCH3 is 1. The molecule has 0 bridgehead atoms. The maximum atomic E-state index is 11.7. The molecule has 6 heteroatoms. The van der Waals surface area contributed by atoms with Crippen molar-refractivity contribution in [2.45, 2.75) is 0 Å². The van der Waals surface area contributed by atoms with Crippen LogP contribution in [0.1, 0.15) is 5.56 Å². The van der Waals surface area contributed by atoms with Gasteiger partial charge in [-0.05, 0) is 35.9 Å². The second-order valence-electron chi connectivity index (χ2n) is 4.28. The Kier molecular flexibility index (Phi) is 4.87.